The van der Waals surface area contributed by atoms with Gasteiger partial charge in [0.05, 0.1) is 11.6 Å². The molecule has 2 nitrogen and oxygen atoms in total. The monoisotopic (exact) mass is 337 g/mol. The highest BCUT2D eigenvalue weighted by molar-refractivity contribution is 9.10. The molecule has 0 heterocycles. The number of methoxy groups -OCH3 is 1. The second kappa shape index (κ2) is 6.86. The lowest BCUT2D eigenvalue weighted by atomic mass is 10.1. The Morgan fingerprint density at radius 2 is 1.90 bits per heavy atom. The summed E-state index contributed by atoms with van der Waals surface area (Å²) < 4.78 is 19.0. The van der Waals surface area contributed by atoms with Gasteiger partial charge in [0.25, 0.3) is 0 Å². The van der Waals surface area contributed by atoms with Crippen LogP contribution in [0.25, 0.3) is 0 Å². The number of rotatable bonds is 5. The fourth-order valence-corrected chi connectivity index (χ4v) is 2.18. The van der Waals surface area contributed by atoms with E-state index in [2.05, 4.69) is 28.2 Å². The van der Waals surface area contributed by atoms with Gasteiger partial charge in [-0.2, -0.15) is 0 Å². The van der Waals surface area contributed by atoms with E-state index in [4.69, 9.17) is 4.74 Å². The molecule has 0 bridgehead atoms. The molecule has 1 N–H and O–H groups in total. The topological polar surface area (TPSA) is 21.3 Å². The highest BCUT2D eigenvalue weighted by Crippen LogP contribution is 2.19. The van der Waals surface area contributed by atoms with Crippen LogP contribution in [-0.2, 0) is 6.54 Å². The van der Waals surface area contributed by atoms with E-state index >= 15 is 0 Å². The molecule has 0 aliphatic carbocycles. The second-order valence-electron chi connectivity index (χ2n) is 4.62. The molecule has 0 amide bonds. The first-order valence-corrected chi connectivity index (χ1v) is 7.20. The minimum atomic E-state index is -0.235. The Kier molecular flexibility index (Phi) is 5.15. The summed E-state index contributed by atoms with van der Waals surface area (Å²) in [5.74, 6) is 0.609. The van der Waals surface area contributed by atoms with Crippen LogP contribution in [0, 0.1) is 5.82 Å². The zero-order valence-corrected chi connectivity index (χ0v) is 13.1. The SMILES string of the molecule is COc1ccc([C@@H](C)NCc2ccc(Br)c(F)c2)cc1. The first-order valence-electron chi connectivity index (χ1n) is 6.41. The minimum absolute atomic E-state index is 0.188. The van der Waals surface area contributed by atoms with Crippen LogP contribution in [0.3, 0.4) is 0 Å². The van der Waals surface area contributed by atoms with Gasteiger partial charge in [0.1, 0.15) is 11.6 Å². The van der Waals surface area contributed by atoms with Crippen LogP contribution in [0.4, 0.5) is 4.39 Å². The lowest BCUT2D eigenvalue weighted by molar-refractivity contribution is 0.414. The molecule has 0 fully saturated rings. The summed E-state index contributed by atoms with van der Waals surface area (Å²) in [6, 6.07) is 13.3. The number of halogens is 2. The van der Waals surface area contributed by atoms with Gasteiger partial charge in [-0.3, -0.25) is 0 Å². The van der Waals surface area contributed by atoms with Gasteiger partial charge < -0.3 is 10.1 Å². The Morgan fingerprint density at radius 1 is 1.20 bits per heavy atom. The van der Waals surface area contributed by atoms with Gasteiger partial charge in [0.2, 0.25) is 0 Å². The summed E-state index contributed by atoms with van der Waals surface area (Å²) in [6.07, 6.45) is 0. The van der Waals surface area contributed by atoms with Crippen molar-refractivity contribution in [2.45, 2.75) is 19.5 Å². The third kappa shape index (κ3) is 3.81. The quantitative estimate of drug-likeness (QED) is 0.870. The summed E-state index contributed by atoms with van der Waals surface area (Å²) in [5, 5.41) is 3.38. The van der Waals surface area contributed by atoms with Crippen molar-refractivity contribution in [2.24, 2.45) is 0 Å². The molecule has 20 heavy (non-hydrogen) atoms. The molecule has 106 valence electrons. The minimum Gasteiger partial charge on any atom is -0.497 e. The van der Waals surface area contributed by atoms with Crippen molar-refractivity contribution >= 4 is 15.9 Å². The number of hydrogen-bond donors (Lipinski definition) is 1. The Bertz CT molecular complexity index is 571. The number of ether oxygens (including phenoxy) is 1. The van der Waals surface area contributed by atoms with Gasteiger partial charge in [0.15, 0.2) is 0 Å². The maximum absolute atomic E-state index is 13.4. The van der Waals surface area contributed by atoms with Crippen molar-refractivity contribution in [1.82, 2.24) is 5.32 Å². The van der Waals surface area contributed by atoms with Crippen molar-refractivity contribution in [3.63, 3.8) is 0 Å². The predicted octanol–water partition coefficient (Wildman–Crippen LogP) is 4.45. The number of hydrogen-bond acceptors (Lipinski definition) is 2. The first-order chi connectivity index (χ1) is 9.60. The molecule has 0 saturated carbocycles. The fourth-order valence-electron chi connectivity index (χ4n) is 1.93. The van der Waals surface area contributed by atoms with Gasteiger partial charge in [-0.1, -0.05) is 18.2 Å². The summed E-state index contributed by atoms with van der Waals surface area (Å²) in [4.78, 5) is 0. The van der Waals surface area contributed by atoms with Gasteiger partial charge in [-0.05, 0) is 58.2 Å². The highest BCUT2D eigenvalue weighted by Gasteiger charge is 2.06. The van der Waals surface area contributed by atoms with Crippen LogP contribution < -0.4 is 10.1 Å². The van der Waals surface area contributed by atoms with E-state index in [-0.39, 0.29) is 11.9 Å². The van der Waals surface area contributed by atoms with Crippen LogP contribution in [-0.4, -0.2) is 7.11 Å². The van der Waals surface area contributed by atoms with Crippen molar-refractivity contribution < 1.29 is 9.13 Å². The van der Waals surface area contributed by atoms with E-state index in [0.717, 1.165) is 11.3 Å². The molecular weight excluding hydrogens is 321 g/mol. The van der Waals surface area contributed by atoms with Crippen molar-refractivity contribution in [1.29, 1.82) is 0 Å². The molecular formula is C16H17BrFNO. The Balaban J connectivity index is 1.96. The molecule has 0 unspecified atom stereocenters. The van der Waals surface area contributed by atoms with Crippen molar-refractivity contribution in [3.05, 3.63) is 63.9 Å². The zero-order valence-electron chi connectivity index (χ0n) is 11.5. The largest absolute Gasteiger partial charge is 0.497 e. The Morgan fingerprint density at radius 3 is 2.50 bits per heavy atom. The molecule has 0 aliphatic heterocycles. The van der Waals surface area contributed by atoms with E-state index in [1.807, 2.05) is 30.3 Å². The van der Waals surface area contributed by atoms with E-state index in [0.29, 0.717) is 11.0 Å². The summed E-state index contributed by atoms with van der Waals surface area (Å²) in [5.41, 5.74) is 2.09. The van der Waals surface area contributed by atoms with Crippen LogP contribution in [0.2, 0.25) is 0 Å². The lowest BCUT2D eigenvalue weighted by Crippen LogP contribution is -2.18. The first kappa shape index (κ1) is 15.0. The second-order valence-corrected chi connectivity index (χ2v) is 5.48. The van der Waals surface area contributed by atoms with E-state index < -0.39 is 0 Å². The Hall–Kier alpha value is -1.39. The predicted molar refractivity (Wildman–Crippen MR) is 82.3 cm³/mol. The summed E-state index contributed by atoms with van der Waals surface area (Å²) >= 11 is 3.15. The third-order valence-corrected chi connectivity index (χ3v) is 3.86. The van der Waals surface area contributed by atoms with Crippen LogP contribution in [0.15, 0.2) is 46.9 Å². The molecule has 4 heteroatoms. The van der Waals surface area contributed by atoms with Gasteiger partial charge in [0, 0.05) is 12.6 Å². The van der Waals surface area contributed by atoms with Gasteiger partial charge >= 0.3 is 0 Å². The molecule has 0 radical (unpaired) electrons. The third-order valence-electron chi connectivity index (χ3n) is 3.21. The smallest absolute Gasteiger partial charge is 0.137 e. The average Bonchev–Trinajstić information content (AvgIpc) is 2.48. The van der Waals surface area contributed by atoms with Crippen molar-refractivity contribution in [2.75, 3.05) is 7.11 Å². The Labute approximate surface area is 127 Å². The normalized spacial score (nSPS) is 12.2. The van der Waals surface area contributed by atoms with E-state index in [1.54, 1.807) is 13.2 Å². The van der Waals surface area contributed by atoms with Crippen LogP contribution in [0.5, 0.6) is 5.75 Å². The molecule has 2 aromatic carbocycles. The summed E-state index contributed by atoms with van der Waals surface area (Å²) in [7, 11) is 1.65. The number of nitrogens with one attached hydrogen (secondary N) is 1. The molecule has 1 atom stereocenters. The standard InChI is InChI=1S/C16H17BrFNO/c1-11(13-4-6-14(20-2)7-5-13)19-10-12-3-8-15(17)16(18)9-12/h3-9,11,19H,10H2,1-2H3/t11-/m1/s1. The highest BCUT2D eigenvalue weighted by atomic mass is 79.9. The lowest BCUT2D eigenvalue weighted by Gasteiger charge is -2.15. The fraction of sp³-hybridized carbons (Fsp3) is 0.250. The van der Waals surface area contributed by atoms with Crippen LogP contribution >= 0.6 is 15.9 Å². The number of benzene rings is 2. The molecule has 0 aliphatic rings. The van der Waals surface area contributed by atoms with E-state index in [1.165, 1.54) is 11.6 Å². The zero-order chi connectivity index (χ0) is 14.5. The van der Waals surface area contributed by atoms with Crippen LogP contribution in [0.1, 0.15) is 24.1 Å². The molecule has 2 rings (SSSR count). The molecule has 0 spiro atoms. The van der Waals surface area contributed by atoms with E-state index in [9.17, 15) is 4.39 Å². The average molecular weight is 338 g/mol. The maximum atomic E-state index is 13.4. The van der Waals surface area contributed by atoms with Gasteiger partial charge in [-0.15, -0.1) is 0 Å². The van der Waals surface area contributed by atoms with Gasteiger partial charge in [-0.25, -0.2) is 4.39 Å². The molecule has 0 saturated heterocycles. The maximum Gasteiger partial charge on any atom is 0.137 e. The summed E-state index contributed by atoms with van der Waals surface area (Å²) in [6.45, 7) is 2.70. The molecule has 0 aromatic heterocycles. The van der Waals surface area contributed by atoms with Crippen molar-refractivity contribution in [3.8, 4) is 5.75 Å². The molecule has 2 aromatic rings.